The van der Waals surface area contributed by atoms with E-state index in [1.807, 2.05) is 41.7 Å². The number of nitrogens with zero attached hydrogens (tertiary/aromatic N) is 1. The van der Waals surface area contributed by atoms with Crippen molar-refractivity contribution in [3.05, 3.63) is 53.3 Å². The van der Waals surface area contributed by atoms with Crippen LogP contribution in [0.25, 0.3) is 0 Å². The fourth-order valence-electron chi connectivity index (χ4n) is 2.62. The Kier molecular flexibility index (Phi) is 5.36. The van der Waals surface area contributed by atoms with Crippen LogP contribution in [0, 0.1) is 0 Å². The molecule has 0 saturated carbocycles. The maximum Gasteiger partial charge on any atom is 0.272 e. The monoisotopic (exact) mass is 360 g/mol. The highest BCUT2D eigenvalue weighted by Gasteiger charge is 2.18. The van der Waals surface area contributed by atoms with Gasteiger partial charge in [0.1, 0.15) is 5.69 Å². The summed E-state index contributed by atoms with van der Waals surface area (Å²) in [5.74, 6) is 2.13. The molecule has 3 rings (SSSR count). The van der Waals surface area contributed by atoms with Gasteiger partial charge in [-0.05, 0) is 48.6 Å². The normalized spacial score (nSPS) is 15.2. The third-order valence-corrected chi connectivity index (χ3v) is 6.90. The first-order valence-electron chi connectivity index (χ1n) is 7.86. The van der Waals surface area contributed by atoms with E-state index in [-0.39, 0.29) is 11.7 Å². The Morgan fingerprint density at radius 2 is 1.96 bits per heavy atom. The molecule has 2 aromatic rings. The first kappa shape index (κ1) is 17.2. The fourth-order valence-corrected chi connectivity index (χ4v) is 5.49. The number of hydrogen-bond acceptors (Lipinski definition) is 4. The number of hydrogen-bond donors (Lipinski definition) is 1. The molecule has 1 aromatic carbocycles. The third kappa shape index (κ3) is 3.87. The second kappa shape index (κ2) is 7.49. The summed E-state index contributed by atoms with van der Waals surface area (Å²) in [7, 11) is 1.77. The molecule has 0 unspecified atom stereocenters. The Morgan fingerprint density at radius 1 is 1.21 bits per heavy atom. The van der Waals surface area contributed by atoms with Gasteiger partial charge in [0, 0.05) is 24.5 Å². The Labute approximate surface area is 150 Å². The fraction of sp³-hybridized carbons (Fsp3) is 0.333. The SMILES string of the molecule is CC(=O)c1cc(C(=O)Nc2cccc(C3SCCCS3)c2)n(C)c1. The van der Waals surface area contributed by atoms with Crippen molar-refractivity contribution in [1.82, 2.24) is 4.57 Å². The predicted molar refractivity (Wildman–Crippen MR) is 102 cm³/mol. The van der Waals surface area contributed by atoms with Gasteiger partial charge in [0.15, 0.2) is 5.78 Å². The molecule has 4 nitrogen and oxygen atoms in total. The van der Waals surface area contributed by atoms with Crippen LogP contribution in [0.3, 0.4) is 0 Å². The standard InChI is InChI=1S/C18H20N2O2S2/c1-12(21)14-10-16(20(2)11-14)17(22)19-15-6-3-5-13(9-15)18-23-7-4-8-24-18/h3,5-6,9-11,18H,4,7-8H2,1-2H3,(H,19,22). The van der Waals surface area contributed by atoms with Crippen molar-refractivity contribution in [2.75, 3.05) is 16.8 Å². The Hall–Kier alpha value is -1.66. The molecule has 1 aromatic heterocycles. The zero-order chi connectivity index (χ0) is 17.1. The first-order valence-corrected chi connectivity index (χ1v) is 9.96. The number of thioether (sulfide) groups is 2. The number of benzene rings is 1. The molecule has 0 spiro atoms. The molecule has 0 radical (unpaired) electrons. The summed E-state index contributed by atoms with van der Waals surface area (Å²) < 4.78 is 2.12. The maximum absolute atomic E-state index is 12.5. The molecule has 126 valence electrons. The van der Waals surface area contributed by atoms with E-state index < -0.39 is 0 Å². The Morgan fingerprint density at radius 3 is 2.62 bits per heavy atom. The second-order valence-electron chi connectivity index (χ2n) is 5.79. The molecule has 0 bridgehead atoms. The van der Waals surface area contributed by atoms with Crippen molar-refractivity contribution in [1.29, 1.82) is 0 Å². The molecule has 0 atom stereocenters. The summed E-state index contributed by atoms with van der Waals surface area (Å²) >= 11 is 3.92. The van der Waals surface area contributed by atoms with Gasteiger partial charge in [0.25, 0.3) is 5.91 Å². The lowest BCUT2D eigenvalue weighted by molar-refractivity contribution is 0.101. The van der Waals surface area contributed by atoms with Gasteiger partial charge < -0.3 is 9.88 Å². The number of amides is 1. The summed E-state index contributed by atoms with van der Waals surface area (Å²) in [6, 6.07) is 9.67. The highest BCUT2D eigenvalue weighted by atomic mass is 32.2. The van der Waals surface area contributed by atoms with Gasteiger partial charge in [0.05, 0.1) is 4.58 Å². The van der Waals surface area contributed by atoms with E-state index in [4.69, 9.17) is 0 Å². The number of carbonyl (C=O) groups excluding carboxylic acids is 2. The summed E-state index contributed by atoms with van der Waals surface area (Å²) in [5, 5.41) is 2.94. The first-order chi connectivity index (χ1) is 11.5. The minimum absolute atomic E-state index is 0.0435. The van der Waals surface area contributed by atoms with E-state index in [0.29, 0.717) is 15.8 Å². The number of aryl methyl sites for hydroxylation is 1. The topological polar surface area (TPSA) is 51.1 Å². The quantitative estimate of drug-likeness (QED) is 0.824. The molecule has 2 heterocycles. The second-order valence-corrected chi connectivity index (χ2v) is 8.51. The molecule has 1 saturated heterocycles. The van der Waals surface area contributed by atoms with Crippen LogP contribution >= 0.6 is 23.5 Å². The molecule has 1 aliphatic heterocycles. The van der Waals surface area contributed by atoms with E-state index in [0.717, 1.165) is 5.69 Å². The third-order valence-electron chi connectivity index (χ3n) is 3.89. The summed E-state index contributed by atoms with van der Waals surface area (Å²) in [5.41, 5.74) is 3.05. The van der Waals surface area contributed by atoms with E-state index in [9.17, 15) is 9.59 Å². The van der Waals surface area contributed by atoms with Crippen molar-refractivity contribution in [2.24, 2.45) is 7.05 Å². The summed E-state index contributed by atoms with van der Waals surface area (Å²) in [6.45, 7) is 1.50. The molecular weight excluding hydrogens is 340 g/mol. The Bertz CT molecular complexity index is 764. The highest BCUT2D eigenvalue weighted by Crippen LogP contribution is 2.44. The van der Waals surface area contributed by atoms with Gasteiger partial charge in [-0.1, -0.05) is 12.1 Å². The average Bonchev–Trinajstić information content (AvgIpc) is 2.98. The van der Waals surface area contributed by atoms with Gasteiger partial charge in [-0.15, -0.1) is 23.5 Å². The van der Waals surface area contributed by atoms with Crippen molar-refractivity contribution in [3.63, 3.8) is 0 Å². The van der Waals surface area contributed by atoms with Crippen LogP contribution in [0.15, 0.2) is 36.5 Å². The zero-order valence-electron chi connectivity index (χ0n) is 13.7. The number of ketones is 1. The van der Waals surface area contributed by atoms with Gasteiger partial charge in [-0.25, -0.2) is 0 Å². The van der Waals surface area contributed by atoms with Crippen LogP contribution in [-0.2, 0) is 7.05 Å². The summed E-state index contributed by atoms with van der Waals surface area (Å²) in [6.07, 6.45) is 2.94. The van der Waals surface area contributed by atoms with E-state index in [2.05, 4.69) is 11.4 Å². The van der Waals surface area contributed by atoms with Crippen LogP contribution in [0.4, 0.5) is 5.69 Å². The van der Waals surface area contributed by atoms with Crippen LogP contribution in [0.2, 0.25) is 0 Å². The zero-order valence-corrected chi connectivity index (χ0v) is 15.4. The van der Waals surface area contributed by atoms with E-state index in [1.54, 1.807) is 23.9 Å². The van der Waals surface area contributed by atoms with Crippen molar-refractivity contribution in [2.45, 2.75) is 17.9 Å². The number of nitrogens with one attached hydrogen (secondary N) is 1. The Balaban J connectivity index is 1.76. The van der Waals surface area contributed by atoms with Crippen LogP contribution < -0.4 is 5.32 Å². The molecule has 1 amide bonds. The maximum atomic E-state index is 12.5. The predicted octanol–water partition coefficient (Wildman–Crippen LogP) is 4.35. The molecule has 6 heteroatoms. The van der Waals surface area contributed by atoms with Crippen LogP contribution in [0.1, 0.15) is 44.3 Å². The molecule has 1 fully saturated rings. The average molecular weight is 361 g/mol. The highest BCUT2D eigenvalue weighted by molar-refractivity contribution is 8.16. The number of rotatable bonds is 4. The number of Topliss-reactive ketones (excluding diaryl/α,β-unsaturated/α-hetero) is 1. The minimum Gasteiger partial charge on any atom is -0.346 e. The lowest BCUT2D eigenvalue weighted by atomic mass is 10.2. The summed E-state index contributed by atoms with van der Waals surface area (Å²) in [4.78, 5) is 24.0. The number of anilines is 1. The van der Waals surface area contributed by atoms with Crippen LogP contribution in [0.5, 0.6) is 0 Å². The smallest absolute Gasteiger partial charge is 0.272 e. The molecule has 1 aliphatic rings. The van der Waals surface area contributed by atoms with Gasteiger partial charge in [-0.3, -0.25) is 9.59 Å². The van der Waals surface area contributed by atoms with Crippen molar-refractivity contribution < 1.29 is 9.59 Å². The lowest BCUT2D eigenvalue weighted by Gasteiger charge is -2.21. The molecular formula is C18H20N2O2S2. The van der Waals surface area contributed by atoms with Gasteiger partial charge in [-0.2, -0.15) is 0 Å². The van der Waals surface area contributed by atoms with E-state index >= 15 is 0 Å². The molecule has 0 aliphatic carbocycles. The largest absolute Gasteiger partial charge is 0.346 e. The number of aromatic nitrogens is 1. The van der Waals surface area contributed by atoms with Gasteiger partial charge in [0.2, 0.25) is 0 Å². The van der Waals surface area contributed by atoms with E-state index in [1.165, 1.54) is 30.4 Å². The lowest BCUT2D eigenvalue weighted by Crippen LogP contribution is -2.15. The van der Waals surface area contributed by atoms with Crippen molar-refractivity contribution in [3.8, 4) is 0 Å². The molecule has 1 N–H and O–H groups in total. The van der Waals surface area contributed by atoms with Crippen molar-refractivity contribution >= 4 is 40.9 Å². The minimum atomic E-state index is -0.203. The van der Waals surface area contributed by atoms with Crippen LogP contribution in [-0.4, -0.2) is 27.8 Å². The van der Waals surface area contributed by atoms with Gasteiger partial charge >= 0.3 is 0 Å². The molecule has 24 heavy (non-hydrogen) atoms. The number of carbonyl (C=O) groups is 2.